The molecule has 0 aliphatic heterocycles. The molecule has 0 amide bonds. The first kappa shape index (κ1) is 15.2. The molecule has 0 heteroatoms. The molecule has 4 rings (SSSR count). The summed E-state index contributed by atoms with van der Waals surface area (Å²) in [5, 5.41) is 0. The van der Waals surface area contributed by atoms with Gasteiger partial charge in [0.25, 0.3) is 0 Å². The lowest BCUT2D eigenvalue weighted by Crippen LogP contribution is -2.04. The monoisotopic (exact) mass is 312 g/mol. The van der Waals surface area contributed by atoms with Gasteiger partial charge in [0.15, 0.2) is 0 Å². The first-order chi connectivity index (χ1) is 11.9. The fourth-order valence-corrected chi connectivity index (χ4v) is 3.98. The summed E-state index contributed by atoms with van der Waals surface area (Å²) in [4.78, 5) is 0. The van der Waals surface area contributed by atoms with Gasteiger partial charge in [-0.2, -0.15) is 0 Å². The molecule has 0 radical (unpaired) electrons. The third kappa shape index (κ3) is 3.14. The molecule has 0 saturated heterocycles. The van der Waals surface area contributed by atoms with Gasteiger partial charge in [-0.25, -0.2) is 0 Å². The van der Waals surface area contributed by atoms with E-state index in [9.17, 15) is 0 Å². The highest BCUT2D eigenvalue weighted by Crippen LogP contribution is 2.38. The highest BCUT2D eigenvalue weighted by molar-refractivity contribution is 5.84. The van der Waals surface area contributed by atoms with Crippen LogP contribution in [-0.2, 0) is 0 Å². The second kappa shape index (κ2) is 7.05. The van der Waals surface area contributed by atoms with Crippen LogP contribution in [0.15, 0.2) is 78.9 Å². The Kier molecular flexibility index (Phi) is 4.46. The van der Waals surface area contributed by atoms with E-state index in [0.717, 1.165) is 5.92 Å². The van der Waals surface area contributed by atoms with Gasteiger partial charge >= 0.3 is 0 Å². The van der Waals surface area contributed by atoms with E-state index in [4.69, 9.17) is 0 Å². The first-order valence-electron chi connectivity index (χ1n) is 9.16. The Morgan fingerprint density at radius 3 is 1.75 bits per heavy atom. The van der Waals surface area contributed by atoms with Crippen molar-refractivity contribution >= 4 is 0 Å². The zero-order valence-corrected chi connectivity index (χ0v) is 14.1. The molecule has 0 spiro atoms. The Morgan fingerprint density at radius 1 is 0.542 bits per heavy atom. The van der Waals surface area contributed by atoms with Gasteiger partial charge in [0, 0.05) is 0 Å². The van der Waals surface area contributed by atoms with Crippen LogP contribution in [0.5, 0.6) is 0 Å². The third-order valence-corrected chi connectivity index (χ3v) is 5.29. The van der Waals surface area contributed by atoms with Crippen molar-refractivity contribution in [3.63, 3.8) is 0 Å². The first-order valence-corrected chi connectivity index (χ1v) is 9.16. The average Bonchev–Trinajstić information content (AvgIpc) is 2.69. The molecule has 0 bridgehead atoms. The molecule has 120 valence electrons. The van der Waals surface area contributed by atoms with Gasteiger partial charge in [-0.3, -0.25) is 0 Å². The number of rotatable bonds is 3. The molecule has 24 heavy (non-hydrogen) atoms. The van der Waals surface area contributed by atoms with Crippen LogP contribution in [0.25, 0.3) is 22.3 Å². The molecule has 3 aromatic carbocycles. The zero-order valence-electron chi connectivity index (χ0n) is 14.1. The number of benzene rings is 3. The standard InChI is InChI=1S/C24H24/c1-4-10-19(11-5-1)22-16-17-23(20-12-6-2-7-13-20)24(18-22)21-14-8-3-9-15-21/h2-3,6-9,12-19H,1,4-5,10-11H2. The van der Waals surface area contributed by atoms with Crippen LogP contribution >= 0.6 is 0 Å². The van der Waals surface area contributed by atoms with Crippen molar-refractivity contribution in [1.29, 1.82) is 0 Å². The van der Waals surface area contributed by atoms with E-state index < -0.39 is 0 Å². The lowest BCUT2D eigenvalue weighted by atomic mass is 9.82. The van der Waals surface area contributed by atoms with E-state index in [1.165, 1.54) is 59.9 Å². The number of hydrogen-bond acceptors (Lipinski definition) is 0. The van der Waals surface area contributed by atoms with E-state index >= 15 is 0 Å². The molecule has 0 N–H and O–H groups in total. The van der Waals surface area contributed by atoms with Crippen molar-refractivity contribution in [3.05, 3.63) is 84.4 Å². The van der Waals surface area contributed by atoms with Crippen LogP contribution < -0.4 is 0 Å². The average molecular weight is 312 g/mol. The third-order valence-electron chi connectivity index (χ3n) is 5.29. The molecule has 1 saturated carbocycles. The van der Waals surface area contributed by atoms with Crippen molar-refractivity contribution < 1.29 is 0 Å². The van der Waals surface area contributed by atoms with Crippen molar-refractivity contribution in [2.24, 2.45) is 0 Å². The van der Waals surface area contributed by atoms with Gasteiger partial charge in [0.1, 0.15) is 0 Å². The van der Waals surface area contributed by atoms with E-state index in [-0.39, 0.29) is 0 Å². The predicted octanol–water partition coefficient (Wildman–Crippen LogP) is 7.07. The Bertz CT molecular complexity index is 781. The van der Waals surface area contributed by atoms with Crippen LogP contribution in [0.2, 0.25) is 0 Å². The summed E-state index contributed by atoms with van der Waals surface area (Å²) in [7, 11) is 0. The molecule has 0 unspecified atom stereocenters. The summed E-state index contributed by atoms with van der Waals surface area (Å²) in [6.07, 6.45) is 6.86. The molecule has 0 nitrogen and oxygen atoms in total. The van der Waals surface area contributed by atoms with E-state index in [2.05, 4.69) is 78.9 Å². The molecule has 0 atom stereocenters. The SMILES string of the molecule is c1ccc(-c2ccc(C3CCCCC3)cc2-c2ccccc2)cc1. The van der Waals surface area contributed by atoms with Crippen molar-refractivity contribution in [2.45, 2.75) is 38.0 Å². The highest BCUT2D eigenvalue weighted by Gasteiger charge is 2.17. The second-order valence-electron chi connectivity index (χ2n) is 6.87. The quantitative estimate of drug-likeness (QED) is 0.485. The minimum absolute atomic E-state index is 0.742. The minimum Gasteiger partial charge on any atom is -0.0622 e. The van der Waals surface area contributed by atoms with Crippen molar-refractivity contribution in [2.75, 3.05) is 0 Å². The Labute approximate surface area is 145 Å². The maximum Gasteiger partial charge on any atom is -0.0103 e. The summed E-state index contributed by atoms with van der Waals surface area (Å²) in [6.45, 7) is 0. The summed E-state index contributed by atoms with van der Waals surface area (Å²) >= 11 is 0. The minimum atomic E-state index is 0.742. The molecule has 3 aromatic rings. The van der Waals surface area contributed by atoms with E-state index in [1.807, 2.05) is 0 Å². The molecule has 1 aliphatic rings. The normalized spacial score (nSPS) is 15.3. The zero-order chi connectivity index (χ0) is 16.2. The fourth-order valence-electron chi connectivity index (χ4n) is 3.98. The fraction of sp³-hybridized carbons (Fsp3) is 0.250. The number of hydrogen-bond donors (Lipinski definition) is 0. The van der Waals surface area contributed by atoms with Crippen LogP contribution in [-0.4, -0.2) is 0 Å². The van der Waals surface area contributed by atoms with Crippen molar-refractivity contribution in [3.8, 4) is 22.3 Å². The van der Waals surface area contributed by atoms with Gasteiger partial charge in [-0.15, -0.1) is 0 Å². The molecular weight excluding hydrogens is 288 g/mol. The molecule has 1 aliphatic carbocycles. The van der Waals surface area contributed by atoms with Crippen LogP contribution in [0.4, 0.5) is 0 Å². The second-order valence-corrected chi connectivity index (χ2v) is 6.87. The Balaban J connectivity index is 1.82. The van der Waals surface area contributed by atoms with Crippen LogP contribution in [0, 0.1) is 0 Å². The lowest BCUT2D eigenvalue weighted by Gasteiger charge is -2.23. The van der Waals surface area contributed by atoms with Gasteiger partial charge in [-0.05, 0) is 46.6 Å². The van der Waals surface area contributed by atoms with Crippen molar-refractivity contribution in [1.82, 2.24) is 0 Å². The van der Waals surface area contributed by atoms with Crippen LogP contribution in [0.3, 0.4) is 0 Å². The summed E-state index contributed by atoms with van der Waals surface area (Å²) in [5.74, 6) is 0.742. The van der Waals surface area contributed by atoms with Gasteiger partial charge in [0.05, 0.1) is 0 Å². The summed E-state index contributed by atoms with van der Waals surface area (Å²) < 4.78 is 0. The largest absolute Gasteiger partial charge is 0.0622 e. The Morgan fingerprint density at radius 2 is 1.12 bits per heavy atom. The molecule has 0 heterocycles. The van der Waals surface area contributed by atoms with Gasteiger partial charge in [0.2, 0.25) is 0 Å². The Hall–Kier alpha value is -2.34. The van der Waals surface area contributed by atoms with E-state index in [1.54, 1.807) is 0 Å². The molecule has 0 aromatic heterocycles. The van der Waals surface area contributed by atoms with Gasteiger partial charge < -0.3 is 0 Å². The van der Waals surface area contributed by atoms with E-state index in [0.29, 0.717) is 0 Å². The highest BCUT2D eigenvalue weighted by atomic mass is 14.2. The summed E-state index contributed by atoms with van der Waals surface area (Å²) in [6, 6.07) is 28.7. The van der Waals surface area contributed by atoms with Gasteiger partial charge in [-0.1, -0.05) is 98.1 Å². The maximum atomic E-state index is 2.45. The topological polar surface area (TPSA) is 0 Å². The molecular formula is C24H24. The molecule has 1 fully saturated rings. The van der Waals surface area contributed by atoms with Crippen LogP contribution in [0.1, 0.15) is 43.6 Å². The predicted molar refractivity (Wildman–Crippen MR) is 103 cm³/mol. The summed E-state index contributed by atoms with van der Waals surface area (Å²) in [5.41, 5.74) is 6.83. The lowest BCUT2D eigenvalue weighted by molar-refractivity contribution is 0.444. The smallest absolute Gasteiger partial charge is 0.0103 e. The maximum absolute atomic E-state index is 2.45.